The molecule has 1 atom stereocenters. The minimum Gasteiger partial charge on any atom is -0.496 e. The quantitative estimate of drug-likeness (QED) is 0.158. The predicted molar refractivity (Wildman–Crippen MR) is 200 cm³/mol. The maximum Gasteiger partial charge on any atom is 0.427 e. The molecule has 286 valence electrons. The number of fused-ring (bicyclic) bond motifs is 1. The molecule has 1 unspecified atom stereocenters. The summed E-state index contributed by atoms with van der Waals surface area (Å²) in [5.41, 5.74) is 1.44. The number of halogens is 1. The maximum atomic E-state index is 13.7. The van der Waals surface area contributed by atoms with Crippen LogP contribution in [0, 0.1) is 32.1 Å². The van der Waals surface area contributed by atoms with Gasteiger partial charge in [-0.05, 0) is 87.3 Å². The fraction of sp³-hybridized carbons (Fsp3) is 0.472. The molecule has 1 aromatic carbocycles. The van der Waals surface area contributed by atoms with Gasteiger partial charge in [-0.25, -0.2) is 18.5 Å². The number of methoxy groups -OCH3 is 1. The zero-order chi connectivity index (χ0) is 39.7. The lowest BCUT2D eigenvalue weighted by atomic mass is 10.1. The number of hydrogen-bond donors (Lipinski definition) is 1. The third kappa shape index (κ3) is 9.85. The van der Waals surface area contributed by atoms with E-state index in [2.05, 4.69) is 15.0 Å². The average Bonchev–Trinajstić information content (AvgIpc) is 3.36. The summed E-state index contributed by atoms with van der Waals surface area (Å²) in [4.78, 5) is 41.0. The summed E-state index contributed by atoms with van der Waals surface area (Å²) in [6.07, 6.45) is -0.888. The zero-order valence-electron chi connectivity index (χ0n) is 31.8. The highest BCUT2D eigenvalue weighted by atomic mass is 35.5. The van der Waals surface area contributed by atoms with Crippen molar-refractivity contribution < 1.29 is 36.7 Å². The molecule has 0 aliphatic rings. The fourth-order valence-electron chi connectivity index (χ4n) is 5.28. The predicted octanol–water partition coefficient (Wildman–Crippen LogP) is 7.27. The molecule has 0 radical (unpaired) electrons. The van der Waals surface area contributed by atoms with Crippen LogP contribution >= 0.6 is 11.6 Å². The second-order valence-electron chi connectivity index (χ2n) is 14.7. The van der Waals surface area contributed by atoms with E-state index in [-0.39, 0.29) is 40.5 Å². The molecule has 0 saturated carbocycles. The topological polar surface area (TPSA) is 192 Å². The summed E-state index contributed by atoms with van der Waals surface area (Å²) < 4.78 is 48.5. The maximum absolute atomic E-state index is 13.7. The van der Waals surface area contributed by atoms with Gasteiger partial charge in [-0.15, -0.1) is 4.90 Å². The number of rotatable bonds is 10. The van der Waals surface area contributed by atoms with E-state index in [0.29, 0.717) is 22.0 Å². The zero-order valence-corrected chi connectivity index (χ0v) is 33.4. The number of pyridine rings is 1. The van der Waals surface area contributed by atoms with Crippen molar-refractivity contribution in [3.63, 3.8) is 0 Å². The Morgan fingerprint density at radius 2 is 1.60 bits per heavy atom. The Labute approximate surface area is 314 Å². The standard InChI is InChI=1S/C36H46ClN7O8S/c1-21-12-15-25(16-13-21)53(11,47,48)52-24(18-38)14-17-26-28-30(37)40-32(44(33(45)50-35(4,5)6)34(46)51-36(7,8)9)41-31(28)43(42-26)20-27-23(3)29(49-10)22(2)19-39-27/h12-13,15-16,19,24H,14,17,20H2,1-11H3,(H,47,48). The van der Waals surface area contributed by atoms with Crippen molar-refractivity contribution in [3.05, 3.63) is 63.7 Å². The Bertz CT molecular complexity index is 2120. The van der Waals surface area contributed by atoms with E-state index < -0.39 is 45.1 Å². The summed E-state index contributed by atoms with van der Waals surface area (Å²) in [6, 6.07) is 8.29. The van der Waals surface area contributed by atoms with Crippen LogP contribution in [0.3, 0.4) is 0 Å². The van der Waals surface area contributed by atoms with E-state index in [0.717, 1.165) is 22.9 Å². The summed E-state index contributed by atoms with van der Waals surface area (Å²) in [5, 5.41) is 14.8. The fourth-order valence-corrected chi connectivity index (χ4v) is 7.10. The number of amides is 2. The Morgan fingerprint density at radius 3 is 2.13 bits per heavy atom. The summed E-state index contributed by atoms with van der Waals surface area (Å²) >= 11 is 6.82. The molecular formula is C36H46ClN7O8S. The molecule has 1 N–H and O–H groups in total. The monoisotopic (exact) mass is 771 g/mol. The van der Waals surface area contributed by atoms with Crippen LogP contribution in [0.2, 0.25) is 5.15 Å². The second kappa shape index (κ2) is 15.0. The van der Waals surface area contributed by atoms with Crippen LogP contribution < -0.4 is 9.64 Å². The molecule has 2 amide bonds. The Hall–Kier alpha value is -4.69. The number of carbonyl (C=O) groups excluding carboxylic acids is 2. The third-order valence-electron chi connectivity index (χ3n) is 7.69. The molecule has 4 aromatic rings. The van der Waals surface area contributed by atoms with E-state index in [1.807, 2.05) is 26.8 Å². The van der Waals surface area contributed by atoms with Gasteiger partial charge in [0, 0.05) is 23.6 Å². The second-order valence-corrected chi connectivity index (χ2v) is 18.1. The van der Waals surface area contributed by atoms with Gasteiger partial charge in [0.25, 0.3) is 0 Å². The highest BCUT2D eigenvalue weighted by molar-refractivity contribution is 8.10. The first-order valence-electron chi connectivity index (χ1n) is 16.6. The van der Waals surface area contributed by atoms with Gasteiger partial charge in [-0.2, -0.15) is 20.3 Å². The lowest BCUT2D eigenvalue weighted by Crippen LogP contribution is -2.44. The lowest BCUT2D eigenvalue weighted by Gasteiger charge is -2.34. The molecule has 4 rings (SSSR count). The van der Waals surface area contributed by atoms with Crippen molar-refractivity contribution in [1.29, 1.82) is 5.26 Å². The molecule has 0 saturated heterocycles. The number of aryl methyl sites for hydroxylation is 3. The van der Waals surface area contributed by atoms with Crippen LogP contribution in [-0.2, 0) is 36.2 Å². The number of nitriles is 1. The van der Waals surface area contributed by atoms with Gasteiger partial charge in [0.15, 0.2) is 11.8 Å². The van der Waals surface area contributed by atoms with Crippen LogP contribution in [0.4, 0.5) is 15.5 Å². The van der Waals surface area contributed by atoms with Crippen molar-refractivity contribution in [3.8, 4) is 11.8 Å². The van der Waals surface area contributed by atoms with Gasteiger partial charge in [-0.1, -0.05) is 29.3 Å². The number of nitrogens with zero attached hydrogens (tertiary/aromatic N) is 7. The van der Waals surface area contributed by atoms with Gasteiger partial charge >= 0.3 is 12.2 Å². The highest BCUT2D eigenvalue weighted by Crippen LogP contribution is 2.35. The molecule has 3 aromatic heterocycles. The molecule has 0 spiro atoms. The lowest BCUT2D eigenvalue weighted by molar-refractivity contribution is 0.0427. The van der Waals surface area contributed by atoms with Gasteiger partial charge in [0.05, 0.1) is 41.4 Å². The first-order chi connectivity index (χ1) is 24.4. The van der Waals surface area contributed by atoms with Crippen molar-refractivity contribution in [2.24, 2.45) is 0 Å². The van der Waals surface area contributed by atoms with Crippen LogP contribution in [0.15, 0.2) is 35.4 Å². The van der Waals surface area contributed by atoms with Crippen molar-refractivity contribution in [2.75, 3.05) is 18.3 Å². The first kappa shape index (κ1) is 41.1. The first-order valence-corrected chi connectivity index (χ1v) is 19.3. The highest BCUT2D eigenvalue weighted by Gasteiger charge is 2.37. The van der Waals surface area contributed by atoms with E-state index in [9.17, 15) is 23.6 Å². The van der Waals surface area contributed by atoms with Crippen molar-refractivity contribution in [1.82, 2.24) is 24.7 Å². The summed E-state index contributed by atoms with van der Waals surface area (Å²) in [7, 11) is -3.34. The van der Waals surface area contributed by atoms with E-state index >= 15 is 0 Å². The van der Waals surface area contributed by atoms with E-state index in [1.165, 1.54) is 16.8 Å². The number of ether oxygens (including phenoxy) is 3. The molecule has 53 heavy (non-hydrogen) atoms. The number of anilines is 1. The molecule has 15 nitrogen and oxygen atoms in total. The SMILES string of the molecule is COc1c(C)cnc(Cn2nc(CCC(C#N)OS(C)(=O)(O)c3ccc(C)cc3)c3c(Cl)nc(N(C(=O)OC(C)(C)C)C(=O)OC(C)(C)C)nc32)c1C. The molecule has 0 aliphatic carbocycles. The Kier molecular flexibility index (Phi) is 11.6. The van der Waals surface area contributed by atoms with Crippen LogP contribution in [0.5, 0.6) is 5.75 Å². The van der Waals surface area contributed by atoms with Crippen molar-refractivity contribution in [2.45, 2.75) is 104 Å². The van der Waals surface area contributed by atoms with E-state index in [4.69, 9.17) is 35.1 Å². The minimum atomic E-state index is -4.89. The molecular weight excluding hydrogens is 726 g/mol. The van der Waals surface area contributed by atoms with Gasteiger partial charge in [0.2, 0.25) is 5.95 Å². The number of carbonyl (C=O) groups is 2. The molecule has 3 heterocycles. The number of hydrogen-bond acceptors (Lipinski definition) is 12. The van der Waals surface area contributed by atoms with Gasteiger partial charge in [-0.3, -0.25) is 9.17 Å². The molecule has 0 fully saturated rings. The normalized spacial score (nSPS) is 13.5. The summed E-state index contributed by atoms with van der Waals surface area (Å²) in [5.74, 6) is 0.195. The smallest absolute Gasteiger partial charge is 0.427 e. The van der Waals surface area contributed by atoms with E-state index in [1.54, 1.807) is 67.0 Å². The molecule has 0 bridgehead atoms. The van der Waals surface area contributed by atoms with Crippen LogP contribution in [0.1, 0.15) is 76.0 Å². The van der Waals surface area contributed by atoms with Gasteiger partial charge in [0.1, 0.15) is 31.7 Å². The van der Waals surface area contributed by atoms with Crippen LogP contribution in [0.25, 0.3) is 11.0 Å². The van der Waals surface area contributed by atoms with Crippen molar-refractivity contribution >= 4 is 50.4 Å². The van der Waals surface area contributed by atoms with Crippen LogP contribution in [-0.4, -0.2) is 76.4 Å². The Morgan fingerprint density at radius 1 is 1.02 bits per heavy atom. The minimum absolute atomic E-state index is 0.0203. The van der Waals surface area contributed by atoms with Gasteiger partial charge < -0.3 is 18.8 Å². The summed E-state index contributed by atoms with van der Waals surface area (Å²) in [6.45, 7) is 15.4. The average molecular weight is 772 g/mol. The third-order valence-corrected chi connectivity index (χ3v) is 9.99. The number of imide groups is 1. The largest absolute Gasteiger partial charge is 0.496 e. The number of benzene rings is 1. The number of aromatic nitrogens is 5. The molecule has 17 heteroatoms. The molecule has 0 aliphatic heterocycles. The Balaban J connectivity index is 1.84.